The Morgan fingerprint density at radius 3 is 2.22 bits per heavy atom. The molecule has 5 rings (SSSR count). The summed E-state index contributed by atoms with van der Waals surface area (Å²) in [6.45, 7) is 5.33. The van der Waals surface area contributed by atoms with Gasteiger partial charge in [0, 0.05) is 46.4 Å². The predicted molar refractivity (Wildman–Crippen MR) is 143 cm³/mol. The standard InChI is InChI=1S/C31H30N2O3/c1-20(2)21-10-12-23(13-11-21)29(34)24-14-16-25(17-15-24)32-18-5-19-33-30(35)26-8-3-6-22-7-4-9-27(28(22)26)31(33)36/h3-4,6-17,20,30,32,35H,5,18-19H2,1-2H3. The predicted octanol–water partition coefficient (Wildman–Crippen LogP) is 6.14. The summed E-state index contributed by atoms with van der Waals surface area (Å²) in [4.78, 5) is 27.4. The van der Waals surface area contributed by atoms with Gasteiger partial charge in [0.25, 0.3) is 5.91 Å². The molecule has 1 amide bonds. The molecule has 1 unspecified atom stereocenters. The van der Waals surface area contributed by atoms with E-state index in [0.717, 1.165) is 22.0 Å². The van der Waals surface area contributed by atoms with Crippen molar-refractivity contribution in [2.75, 3.05) is 18.4 Å². The molecule has 0 aromatic heterocycles. The van der Waals surface area contributed by atoms with Crippen molar-refractivity contribution in [3.8, 4) is 0 Å². The van der Waals surface area contributed by atoms with E-state index in [-0.39, 0.29) is 11.7 Å². The van der Waals surface area contributed by atoms with Gasteiger partial charge in [-0.05, 0) is 53.6 Å². The van der Waals surface area contributed by atoms with Gasteiger partial charge in [-0.1, -0.05) is 68.4 Å². The molecule has 0 spiro atoms. The van der Waals surface area contributed by atoms with E-state index in [1.807, 2.05) is 84.9 Å². The van der Waals surface area contributed by atoms with Crippen LogP contribution in [0.15, 0.2) is 84.9 Å². The van der Waals surface area contributed by atoms with Crippen LogP contribution in [0.25, 0.3) is 10.8 Å². The smallest absolute Gasteiger partial charge is 0.256 e. The molecule has 182 valence electrons. The number of carbonyl (C=O) groups is 2. The largest absolute Gasteiger partial charge is 0.385 e. The first kappa shape index (κ1) is 23.8. The average Bonchev–Trinajstić information content (AvgIpc) is 2.91. The van der Waals surface area contributed by atoms with Gasteiger partial charge < -0.3 is 15.3 Å². The molecule has 0 bridgehead atoms. The van der Waals surface area contributed by atoms with Crippen molar-refractivity contribution in [2.24, 2.45) is 0 Å². The normalized spacial score (nSPS) is 14.9. The van der Waals surface area contributed by atoms with Crippen molar-refractivity contribution in [3.63, 3.8) is 0 Å². The minimum Gasteiger partial charge on any atom is -0.385 e. The Bertz CT molecular complexity index is 1400. The third-order valence-corrected chi connectivity index (χ3v) is 6.89. The fraction of sp³-hybridized carbons (Fsp3) is 0.226. The zero-order valence-corrected chi connectivity index (χ0v) is 20.6. The lowest BCUT2D eigenvalue weighted by Gasteiger charge is -2.33. The monoisotopic (exact) mass is 478 g/mol. The number of aliphatic hydroxyl groups is 1. The highest BCUT2D eigenvalue weighted by Gasteiger charge is 2.32. The molecule has 36 heavy (non-hydrogen) atoms. The van der Waals surface area contributed by atoms with E-state index in [1.54, 1.807) is 0 Å². The van der Waals surface area contributed by atoms with Gasteiger partial charge in [0.05, 0.1) is 0 Å². The Balaban J connectivity index is 1.17. The van der Waals surface area contributed by atoms with Crippen LogP contribution >= 0.6 is 0 Å². The molecule has 0 fully saturated rings. The quantitative estimate of drug-likeness (QED) is 0.236. The highest BCUT2D eigenvalue weighted by molar-refractivity contribution is 6.10. The third kappa shape index (κ3) is 4.50. The van der Waals surface area contributed by atoms with Gasteiger partial charge in [0.1, 0.15) is 0 Å². The highest BCUT2D eigenvalue weighted by atomic mass is 16.3. The molecule has 0 saturated heterocycles. The number of hydrogen-bond acceptors (Lipinski definition) is 4. The number of benzene rings is 4. The molecule has 2 N–H and O–H groups in total. The van der Waals surface area contributed by atoms with E-state index in [0.29, 0.717) is 42.1 Å². The van der Waals surface area contributed by atoms with Crippen LogP contribution in [0.5, 0.6) is 0 Å². The number of rotatable bonds is 8. The molecule has 0 radical (unpaired) electrons. The van der Waals surface area contributed by atoms with E-state index < -0.39 is 6.23 Å². The Kier molecular flexibility index (Phi) is 6.57. The van der Waals surface area contributed by atoms with Crippen LogP contribution in [0.2, 0.25) is 0 Å². The maximum absolute atomic E-state index is 13.1. The Labute approximate surface area is 211 Å². The Hall–Kier alpha value is -3.96. The van der Waals surface area contributed by atoms with Crippen LogP contribution in [0.1, 0.15) is 69.8 Å². The summed E-state index contributed by atoms with van der Waals surface area (Å²) in [5, 5.41) is 16.0. The number of nitrogens with zero attached hydrogens (tertiary/aromatic N) is 1. The van der Waals surface area contributed by atoms with Gasteiger partial charge in [-0.3, -0.25) is 9.59 Å². The maximum Gasteiger partial charge on any atom is 0.256 e. The minimum atomic E-state index is -0.948. The summed E-state index contributed by atoms with van der Waals surface area (Å²) in [6, 6.07) is 26.7. The van der Waals surface area contributed by atoms with Crippen molar-refractivity contribution in [1.82, 2.24) is 4.90 Å². The number of carbonyl (C=O) groups excluding carboxylic acids is 2. The lowest BCUT2D eigenvalue weighted by atomic mass is 9.93. The van der Waals surface area contributed by atoms with Crippen molar-refractivity contribution in [1.29, 1.82) is 0 Å². The van der Waals surface area contributed by atoms with Gasteiger partial charge in [0.15, 0.2) is 12.0 Å². The second-order valence-corrected chi connectivity index (χ2v) is 9.59. The van der Waals surface area contributed by atoms with Gasteiger partial charge in [0.2, 0.25) is 0 Å². The van der Waals surface area contributed by atoms with E-state index in [2.05, 4.69) is 19.2 Å². The molecule has 5 heteroatoms. The molecule has 1 aliphatic rings. The van der Waals surface area contributed by atoms with Crippen molar-refractivity contribution in [3.05, 3.63) is 113 Å². The summed E-state index contributed by atoms with van der Waals surface area (Å²) >= 11 is 0. The topological polar surface area (TPSA) is 69.6 Å². The zero-order valence-electron chi connectivity index (χ0n) is 20.6. The number of anilines is 1. The highest BCUT2D eigenvalue weighted by Crippen LogP contribution is 2.35. The van der Waals surface area contributed by atoms with Crippen LogP contribution < -0.4 is 5.32 Å². The Morgan fingerprint density at radius 2 is 1.56 bits per heavy atom. The van der Waals surface area contributed by atoms with Crippen molar-refractivity contribution >= 4 is 28.2 Å². The summed E-state index contributed by atoms with van der Waals surface area (Å²) in [5.74, 6) is 0.293. The second kappa shape index (κ2) is 9.96. The number of nitrogens with one attached hydrogen (secondary N) is 1. The molecule has 1 heterocycles. The molecule has 1 atom stereocenters. The van der Waals surface area contributed by atoms with Gasteiger partial charge in [-0.2, -0.15) is 0 Å². The molecule has 4 aromatic carbocycles. The van der Waals surface area contributed by atoms with Gasteiger partial charge in [-0.15, -0.1) is 0 Å². The SMILES string of the molecule is CC(C)c1ccc(C(=O)c2ccc(NCCCN3C(=O)c4cccc5cccc(c45)C3O)cc2)cc1. The third-order valence-electron chi connectivity index (χ3n) is 6.89. The summed E-state index contributed by atoms with van der Waals surface area (Å²) in [5.41, 5.74) is 4.86. The van der Waals surface area contributed by atoms with Gasteiger partial charge in [-0.25, -0.2) is 0 Å². The summed E-state index contributed by atoms with van der Waals surface area (Å²) in [7, 11) is 0. The Morgan fingerprint density at radius 1 is 0.917 bits per heavy atom. The fourth-order valence-corrected chi connectivity index (χ4v) is 4.83. The molecule has 5 nitrogen and oxygen atoms in total. The first-order valence-corrected chi connectivity index (χ1v) is 12.4. The molecular formula is C31H30N2O3. The molecule has 0 aliphatic carbocycles. The van der Waals surface area contributed by atoms with E-state index >= 15 is 0 Å². The van der Waals surface area contributed by atoms with E-state index in [1.165, 1.54) is 10.5 Å². The lowest BCUT2D eigenvalue weighted by molar-refractivity contribution is 0.00484. The molecule has 4 aromatic rings. The lowest BCUT2D eigenvalue weighted by Crippen LogP contribution is -2.39. The fourth-order valence-electron chi connectivity index (χ4n) is 4.83. The first-order valence-electron chi connectivity index (χ1n) is 12.4. The molecule has 1 aliphatic heterocycles. The second-order valence-electron chi connectivity index (χ2n) is 9.59. The maximum atomic E-state index is 13.1. The number of ketones is 1. The zero-order chi connectivity index (χ0) is 25.2. The van der Waals surface area contributed by atoms with Crippen LogP contribution in [0.3, 0.4) is 0 Å². The average molecular weight is 479 g/mol. The van der Waals surface area contributed by atoms with Crippen LogP contribution in [-0.2, 0) is 0 Å². The van der Waals surface area contributed by atoms with E-state index in [9.17, 15) is 14.7 Å². The van der Waals surface area contributed by atoms with Crippen molar-refractivity contribution < 1.29 is 14.7 Å². The van der Waals surface area contributed by atoms with E-state index in [4.69, 9.17) is 0 Å². The summed E-state index contributed by atoms with van der Waals surface area (Å²) in [6.07, 6.45) is -0.278. The van der Waals surface area contributed by atoms with Gasteiger partial charge >= 0.3 is 0 Å². The van der Waals surface area contributed by atoms with Crippen molar-refractivity contribution in [2.45, 2.75) is 32.4 Å². The summed E-state index contributed by atoms with van der Waals surface area (Å²) < 4.78 is 0. The van der Waals surface area contributed by atoms with Crippen LogP contribution in [0, 0.1) is 0 Å². The first-order chi connectivity index (χ1) is 17.4. The molecule has 0 saturated carbocycles. The number of hydrogen-bond donors (Lipinski definition) is 2. The molecular weight excluding hydrogens is 448 g/mol. The minimum absolute atomic E-state index is 0.00440. The number of aliphatic hydroxyl groups excluding tert-OH is 1. The van der Waals surface area contributed by atoms with Crippen LogP contribution in [-0.4, -0.2) is 34.8 Å². The number of amides is 1. The van der Waals surface area contributed by atoms with Crippen LogP contribution in [0.4, 0.5) is 5.69 Å².